The number of para-hydroxylation sites is 1. The van der Waals surface area contributed by atoms with Crippen LogP contribution in [-0.4, -0.2) is 22.5 Å². The van der Waals surface area contributed by atoms with Crippen LogP contribution in [-0.2, 0) is 4.79 Å². The first-order valence-corrected chi connectivity index (χ1v) is 6.84. The van der Waals surface area contributed by atoms with Crippen LogP contribution in [0.25, 0.3) is 0 Å². The van der Waals surface area contributed by atoms with Crippen molar-refractivity contribution in [1.29, 1.82) is 0 Å². The number of nitro groups is 1. The normalized spacial score (nSPS) is 11.9. The molecule has 1 aromatic carbocycles. The average Bonchev–Trinajstić information content (AvgIpc) is 2.41. The topological polar surface area (TPSA) is 92.5 Å². The lowest BCUT2D eigenvalue weighted by atomic mass is 9.96. The van der Waals surface area contributed by atoms with Crippen molar-refractivity contribution in [2.45, 2.75) is 32.6 Å². The zero-order valence-electron chi connectivity index (χ0n) is 11.8. The summed E-state index contributed by atoms with van der Waals surface area (Å²) in [6.07, 6.45) is 2.19. The lowest BCUT2D eigenvalue weighted by Crippen LogP contribution is -2.11. The SMILES string of the molecule is CCC(CCNc1cccc(F)c1[N+](=O)[O-])CCC(=O)O. The summed E-state index contributed by atoms with van der Waals surface area (Å²) < 4.78 is 13.4. The number of nitro benzene ring substituents is 1. The molecule has 2 N–H and O–H groups in total. The van der Waals surface area contributed by atoms with Crippen molar-refractivity contribution in [3.8, 4) is 0 Å². The molecule has 116 valence electrons. The van der Waals surface area contributed by atoms with Crippen molar-refractivity contribution in [1.82, 2.24) is 0 Å². The minimum Gasteiger partial charge on any atom is -0.481 e. The first-order valence-electron chi connectivity index (χ1n) is 6.84. The number of hydrogen-bond donors (Lipinski definition) is 2. The first-order chi connectivity index (χ1) is 9.95. The summed E-state index contributed by atoms with van der Waals surface area (Å²) in [5.41, 5.74) is -0.413. The monoisotopic (exact) mass is 298 g/mol. The van der Waals surface area contributed by atoms with Gasteiger partial charge in [-0.25, -0.2) is 0 Å². The van der Waals surface area contributed by atoms with E-state index >= 15 is 0 Å². The van der Waals surface area contributed by atoms with Crippen LogP contribution in [0.2, 0.25) is 0 Å². The molecule has 0 bridgehead atoms. The second-order valence-electron chi connectivity index (χ2n) is 4.82. The molecule has 6 nitrogen and oxygen atoms in total. The summed E-state index contributed by atoms with van der Waals surface area (Å²) in [5, 5.41) is 22.3. The third kappa shape index (κ3) is 5.37. The van der Waals surface area contributed by atoms with Crippen LogP contribution < -0.4 is 5.32 Å². The van der Waals surface area contributed by atoms with Crippen molar-refractivity contribution in [2.75, 3.05) is 11.9 Å². The van der Waals surface area contributed by atoms with Crippen LogP contribution in [0.1, 0.15) is 32.6 Å². The van der Waals surface area contributed by atoms with E-state index in [9.17, 15) is 19.3 Å². The fourth-order valence-corrected chi connectivity index (χ4v) is 2.13. The molecule has 0 aromatic heterocycles. The molecule has 0 amide bonds. The van der Waals surface area contributed by atoms with Gasteiger partial charge in [-0.15, -0.1) is 0 Å². The third-order valence-corrected chi connectivity index (χ3v) is 3.38. The summed E-state index contributed by atoms with van der Waals surface area (Å²) in [6, 6.07) is 3.91. The number of aliphatic carboxylic acids is 1. The lowest BCUT2D eigenvalue weighted by molar-refractivity contribution is -0.386. The van der Waals surface area contributed by atoms with Gasteiger partial charge in [-0.1, -0.05) is 19.4 Å². The van der Waals surface area contributed by atoms with Gasteiger partial charge < -0.3 is 10.4 Å². The van der Waals surface area contributed by atoms with E-state index in [0.717, 1.165) is 12.5 Å². The van der Waals surface area contributed by atoms with Crippen molar-refractivity contribution in [2.24, 2.45) is 5.92 Å². The van der Waals surface area contributed by atoms with Crippen molar-refractivity contribution < 1.29 is 19.2 Å². The van der Waals surface area contributed by atoms with E-state index < -0.39 is 22.4 Å². The van der Waals surface area contributed by atoms with E-state index in [1.165, 1.54) is 12.1 Å². The van der Waals surface area contributed by atoms with E-state index in [1.54, 1.807) is 0 Å². The molecule has 1 rings (SSSR count). The Balaban J connectivity index is 2.57. The minimum absolute atomic E-state index is 0.110. The van der Waals surface area contributed by atoms with Gasteiger partial charge in [0, 0.05) is 13.0 Å². The fraction of sp³-hybridized carbons (Fsp3) is 0.500. The van der Waals surface area contributed by atoms with Crippen LogP contribution in [0, 0.1) is 21.8 Å². The molecule has 0 aliphatic heterocycles. The number of nitrogens with one attached hydrogen (secondary N) is 1. The van der Waals surface area contributed by atoms with Gasteiger partial charge in [0.25, 0.3) is 0 Å². The molecule has 0 saturated heterocycles. The van der Waals surface area contributed by atoms with Crippen LogP contribution in [0.4, 0.5) is 15.8 Å². The van der Waals surface area contributed by atoms with E-state index in [-0.39, 0.29) is 18.0 Å². The van der Waals surface area contributed by atoms with Gasteiger partial charge in [0.2, 0.25) is 5.82 Å². The van der Waals surface area contributed by atoms with E-state index in [0.29, 0.717) is 19.4 Å². The number of carboxylic acid groups (broad SMARTS) is 1. The molecular formula is C14H19FN2O4. The van der Waals surface area contributed by atoms with Gasteiger partial charge >= 0.3 is 11.7 Å². The smallest absolute Gasteiger partial charge is 0.327 e. The molecule has 0 spiro atoms. The van der Waals surface area contributed by atoms with E-state index in [4.69, 9.17) is 5.11 Å². The van der Waals surface area contributed by atoms with Gasteiger partial charge in [-0.3, -0.25) is 14.9 Å². The minimum atomic E-state index is -0.872. The van der Waals surface area contributed by atoms with Crippen LogP contribution >= 0.6 is 0 Å². The zero-order chi connectivity index (χ0) is 15.8. The highest BCUT2D eigenvalue weighted by atomic mass is 19.1. The average molecular weight is 298 g/mol. The van der Waals surface area contributed by atoms with Crippen LogP contribution in [0.15, 0.2) is 18.2 Å². The number of nitrogens with zero attached hydrogens (tertiary/aromatic N) is 1. The summed E-state index contributed by atoms with van der Waals surface area (Å²) in [5.74, 6) is -1.48. The predicted molar refractivity (Wildman–Crippen MR) is 76.8 cm³/mol. The Hall–Kier alpha value is -2.18. The van der Waals surface area contributed by atoms with Gasteiger partial charge in [-0.2, -0.15) is 4.39 Å². The zero-order valence-corrected chi connectivity index (χ0v) is 11.8. The Morgan fingerprint density at radius 1 is 1.48 bits per heavy atom. The standard InChI is InChI=1S/C14H19FN2O4/c1-2-10(6-7-13(18)19)8-9-16-12-5-3-4-11(15)14(12)17(20)21/h3-5,10,16H,2,6-9H2,1H3,(H,18,19). The molecular weight excluding hydrogens is 279 g/mol. The highest BCUT2D eigenvalue weighted by molar-refractivity contribution is 5.66. The highest BCUT2D eigenvalue weighted by Crippen LogP contribution is 2.27. The van der Waals surface area contributed by atoms with Crippen molar-refractivity contribution >= 4 is 17.3 Å². The number of carbonyl (C=O) groups is 1. The number of benzene rings is 1. The maximum atomic E-state index is 13.4. The molecule has 0 aliphatic carbocycles. The maximum absolute atomic E-state index is 13.4. The largest absolute Gasteiger partial charge is 0.481 e. The second kappa shape index (κ2) is 8.18. The Bertz CT molecular complexity index is 508. The summed E-state index contributed by atoms with van der Waals surface area (Å²) >= 11 is 0. The van der Waals surface area contributed by atoms with Crippen LogP contribution in [0.3, 0.4) is 0 Å². The molecule has 0 saturated carbocycles. The van der Waals surface area contributed by atoms with Gasteiger partial charge in [0.15, 0.2) is 0 Å². The Morgan fingerprint density at radius 3 is 2.76 bits per heavy atom. The lowest BCUT2D eigenvalue weighted by Gasteiger charge is -2.14. The third-order valence-electron chi connectivity index (χ3n) is 3.38. The van der Waals surface area contributed by atoms with E-state index in [1.807, 2.05) is 6.92 Å². The molecule has 1 unspecified atom stereocenters. The number of hydrogen-bond acceptors (Lipinski definition) is 4. The van der Waals surface area contributed by atoms with Gasteiger partial charge in [0.1, 0.15) is 5.69 Å². The summed E-state index contributed by atoms with van der Waals surface area (Å²) in [7, 11) is 0. The first kappa shape index (κ1) is 16.9. The second-order valence-corrected chi connectivity index (χ2v) is 4.82. The van der Waals surface area contributed by atoms with Gasteiger partial charge in [0.05, 0.1) is 4.92 Å². The number of halogens is 1. The molecule has 0 fully saturated rings. The molecule has 0 radical (unpaired) electrons. The van der Waals surface area contributed by atoms with Crippen molar-refractivity contribution in [3.63, 3.8) is 0 Å². The summed E-state index contributed by atoms with van der Waals surface area (Å²) in [4.78, 5) is 20.6. The summed E-state index contributed by atoms with van der Waals surface area (Å²) in [6.45, 7) is 2.40. The molecule has 1 atom stereocenters. The molecule has 0 heterocycles. The van der Waals surface area contributed by atoms with E-state index in [2.05, 4.69) is 5.32 Å². The Labute approximate surface area is 122 Å². The molecule has 1 aromatic rings. The van der Waals surface area contributed by atoms with Crippen LogP contribution in [0.5, 0.6) is 0 Å². The number of rotatable bonds is 9. The number of carboxylic acids is 1. The predicted octanol–water partition coefficient (Wildman–Crippen LogP) is 3.43. The highest BCUT2D eigenvalue weighted by Gasteiger charge is 2.19. The molecule has 0 aliphatic rings. The fourth-order valence-electron chi connectivity index (χ4n) is 2.13. The maximum Gasteiger partial charge on any atom is 0.327 e. The molecule has 21 heavy (non-hydrogen) atoms. The Kier molecular flexibility index (Phi) is 6.58. The quantitative estimate of drug-likeness (QED) is 0.538. The van der Waals surface area contributed by atoms with Crippen molar-refractivity contribution in [3.05, 3.63) is 34.1 Å². The molecule has 7 heteroatoms. The number of anilines is 1. The van der Waals surface area contributed by atoms with Gasteiger partial charge in [-0.05, 0) is 30.9 Å². The Morgan fingerprint density at radius 2 is 2.19 bits per heavy atom.